The summed E-state index contributed by atoms with van der Waals surface area (Å²) in [6.07, 6.45) is 2.58. The molecule has 5 heteroatoms. The third-order valence-corrected chi connectivity index (χ3v) is 4.32. The monoisotopic (exact) mass is 335 g/mol. The largest absolute Gasteiger partial charge is 0.326 e. The SMILES string of the molecule is CCc1cccc(C)c1NC(=O)CCn1cnc2ccccc2c1=O. The number of nitrogens with one attached hydrogen (secondary N) is 1. The van der Waals surface area contributed by atoms with Crippen LogP contribution in [-0.4, -0.2) is 15.5 Å². The lowest BCUT2D eigenvalue weighted by Crippen LogP contribution is -2.24. The minimum Gasteiger partial charge on any atom is -0.326 e. The Hall–Kier alpha value is -2.95. The second-order valence-electron chi connectivity index (χ2n) is 6.02. The number of hydrogen-bond donors (Lipinski definition) is 1. The van der Waals surface area contributed by atoms with Gasteiger partial charge in [0.2, 0.25) is 5.91 Å². The molecule has 0 saturated carbocycles. The smallest absolute Gasteiger partial charge is 0.261 e. The lowest BCUT2D eigenvalue weighted by molar-refractivity contribution is -0.116. The Morgan fingerprint density at radius 1 is 1.16 bits per heavy atom. The lowest BCUT2D eigenvalue weighted by atomic mass is 10.1. The molecule has 25 heavy (non-hydrogen) atoms. The summed E-state index contributed by atoms with van der Waals surface area (Å²) in [4.78, 5) is 29.1. The maximum absolute atomic E-state index is 12.4. The summed E-state index contributed by atoms with van der Waals surface area (Å²) in [5.74, 6) is -0.107. The first-order chi connectivity index (χ1) is 12.1. The quantitative estimate of drug-likeness (QED) is 0.778. The van der Waals surface area contributed by atoms with Gasteiger partial charge in [-0.05, 0) is 36.6 Å². The van der Waals surface area contributed by atoms with E-state index in [1.54, 1.807) is 12.1 Å². The third kappa shape index (κ3) is 3.60. The molecule has 0 saturated heterocycles. The molecule has 0 spiro atoms. The first kappa shape index (κ1) is 16.9. The van der Waals surface area contributed by atoms with Crippen LogP contribution in [0.25, 0.3) is 10.9 Å². The topological polar surface area (TPSA) is 64.0 Å². The number of para-hydroxylation sites is 2. The van der Waals surface area contributed by atoms with E-state index in [2.05, 4.69) is 17.2 Å². The number of fused-ring (bicyclic) bond motifs is 1. The van der Waals surface area contributed by atoms with Gasteiger partial charge < -0.3 is 5.32 Å². The maximum Gasteiger partial charge on any atom is 0.261 e. The van der Waals surface area contributed by atoms with E-state index in [0.717, 1.165) is 23.2 Å². The average Bonchev–Trinajstić information content (AvgIpc) is 2.63. The van der Waals surface area contributed by atoms with Gasteiger partial charge in [0, 0.05) is 18.7 Å². The number of anilines is 1. The Morgan fingerprint density at radius 2 is 1.96 bits per heavy atom. The summed E-state index contributed by atoms with van der Waals surface area (Å²) in [5, 5.41) is 3.55. The summed E-state index contributed by atoms with van der Waals surface area (Å²) >= 11 is 0. The van der Waals surface area contributed by atoms with Gasteiger partial charge in [0.25, 0.3) is 5.56 Å². The summed E-state index contributed by atoms with van der Waals surface area (Å²) in [7, 11) is 0. The molecule has 0 aliphatic heterocycles. The molecular formula is C20H21N3O2. The van der Waals surface area contributed by atoms with Crippen molar-refractivity contribution < 1.29 is 4.79 Å². The van der Waals surface area contributed by atoms with Crippen molar-refractivity contribution in [3.8, 4) is 0 Å². The molecule has 1 heterocycles. The van der Waals surface area contributed by atoms with E-state index in [1.165, 1.54) is 10.9 Å². The van der Waals surface area contributed by atoms with Crippen LogP contribution in [0.4, 0.5) is 5.69 Å². The summed E-state index contributed by atoms with van der Waals surface area (Å²) in [5.41, 5.74) is 3.57. The Kier molecular flexibility index (Phi) is 4.93. The van der Waals surface area contributed by atoms with Gasteiger partial charge >= 0.3 is 0 Å². The van der Waals surface area contributed by atoms with Crippen molar-refractivity contribution in [3.63, 3.8) is 0 Å². The average molecular weight is 335 g/mol. The van der Waals surface area contributed by atoms with E-state index in [0.29, 0.717) is 17.4 Å². The molecular weight excluding hydrogens is 314 g/mol. The van der Waals surface area contributed by atoms with Crippen molar-refractivity contribution in [1.29, 1.82) is 0 Å². The molecule has 3 rings (SSSR count). The van der Waals surface area contributed by atoms with Crippen LogP contribution < -0.4 is 10.9 Å². The molecule has 2 aromatic carbocycles. The molecule has 5 nitrogen and oxygen atoms in total. The number of nitrogens with zero attached hydrogens (tertiary/aromatic N) is 2. The van der Waals surface area contributed by atoms with Gasteiger partial charge in [-0.25, -0.2) is 4.98 Å². The highest BCUT2D eigenvalue weighted by Crippen LogP contribution is 2.21. The molecule has 1 amide bonds. The predicted molar refractivity (Wildman–Crippen MR) is 99.8 cm³/mol. The number of carbonyl (C=O) groups is 1. The van der Waals surface area contributed by atoms with E-state index < -0.39 is 0 Å². The highest BCUT2D eigenvalue weighted by molar-refractivity contribution is 5.92. The molecule has 1 N–H and O–H groups in total. The number of rotatable bonds is 5. The van der Waals surface area contributed by atoms with E-state index >= 15 is 0 Å². The molecule has 128 valence electrons. The molecule has 0 bridgehead atoms. The molecule has 0 aliphatic carbocycles. The molecule has 0 radical (unpaired) electrons. The normalized spacial score (nSPS) is 10.8. The summed E-state index contributed by atoms with van der Waals surface area (Å²) in [6.45, 7) is 4.34. The number of carbonyl (C=O) groups excluding carboxylic acids is 1. The number of aromatic nitrogens is 2. The van der Waals surface area contributed by atoms with Crippen LogP contribution in [0.3, 0.4) is 0 Å². The van der Waals surface area contributed by atoms with E-state index in [1.807, 2.05) is 37.3 Å². The molecule has 1 aromatic heterocycles. The molecule has 0 unspecified atom stereocenters. The van der Waals surface area contributed by atoms with Crippen molar-refractivity contribution in [2.45, 2.75) is 33.2 Å². The molecule has 0 aliphatic rings. The summed E-state index contributed by atoms with van der Waals surface area (Å²) in [6, 6.07) is 13.2. The number of amides is 1. The van der Waals surface area contributed by atoms with Crippen LogP contribution in [0.1, 0.15) is 24.5 Å². The lowest BCUT2D eigenvalue weighted by Gasteiger charge is -2.13. The van der Waals surface area contributed by atoms with Crippen molar-refractivity contribution in [1.82, 2.24) is 9.55 Å². The highest BCUT2D eigenvalue weighted by Gasteiger charge is 2.10. The second kappa shape index (κ2) is 7.30. The van der Waals surface area contributed by atoms with Gasteiger partial charge in [0.15, 0.2) is 0 Å². The fourth-order valence-electron chi connectivity index (χ4n) is 2.89. The van der Waals surface area contributed by atoms with E-state index in [9.17, 15) is 9.59 Å². The fraction of sp³-hybridized carbons (Fsp3) is 0.250. The van der Waals surface area contributed by atoms with E-state index in [4.69, 9.17) is 0 Å². The zero-order chi connectivity index (χ0) is 17.8. The molecule has 3 aromatic rings. The van der Waals surface area contributed by atoms with Gasteiger partial charge in [0.1, 0.15) is 0 Å². The minimum atomic E-state index is -0.122. The fourth-order valence-corrected chi connectivity index (χ4v) is 2.89. The molecule has 0 fully saturated rings. The zero-order valence-electron chi connectivity index (χ0n) is 14.5. The Labute approximate surface area is 146 Å². The van der Waals surface area contributed by atoms with E-state index in [-0.39, 0.29) is 17.9 Å². The predicted octanol–water partition coefficient (Wildman–Crippen LogP) is 3.30. The van der Waals surface area contributed by atoms with Crippen LogP contribution in [0.5, 0.6) is 0 Å². The first-order valence-electron chi connectivity index (χ1n) is 8.42. The van der Waals surface area contributed by atoms with Gasteiger partial charge in [0.05, 0.1) is 17.2 Å². The van der Waals surface area contributed by atoms with Crippen LogP contribution in [0.2, 0.25) is 0 Å². The second-order valence-corrected chi connectivity index (χ2v) is 6.02. The van der Waals surface area contributed by atoms with Crippen LogP contribution in [-0.2, 0) is 17.8 Å². The third-order valence-electron chi connectivity index (χ3n) is 4.32. The van der Waals surface area contributed by atoms with Crippen molar-refractivity contribution >= 4 is 22.5 Å². The maximum atomic E-state index is 12.4. The van der Waals surface area contributed by atoms with Gasteiger partial charge in [-0.1, -0.05) is 37.3 Å². The van der Waals surface area contributed by atoms with Crippen molar-refractivity contribution in [3.05, 3.63) is 70.3 Å². The van der Waals surface area contributed by atoms with Gasteiger partial charge in [-0.15, -0.1) is 0 Å². The van der Waals surface area contributed by atoms with Crippen molar-refractivity contribution in [2.24, 2.45) is 0 Å². The summed E-state index contributed by atoms with van der Waals surface area (Å²) < 4.78 is 1.49. The number of aryl methyl sites for hydroxylation is 3. The highest BCUT2D eigenvalue weighted by atomic mass is 16.2. The van der Waals surface area contributed by atoms with Gasteiger partial charge in [-0.3, -0.25) is 14.2 Å². The minimum absolute atomic E-state index is 0.107. The standard InChI is InChI=1S/C20H21N3O2/c1-3-15-8-6-7-14(2)19(15)22-18(24)11-12-23-13-21-17-10-5-4-9-16(17)20(23)25/h4-10,13H,3,11-12H2,1-2H3,(H,22,24). The Morgan fingerprint density at radius 3 is 2.76 bits per heavy atom. The van der Waals surface area contributed by atoms with Crippen LogP contribution in [0.15, 0.2) is 53.6 Å². The van der Waals surface area contributed by atoms with Crippen LogP contribution in [0, 0.1) is 6.92 Å². The molecule has 0 atom stereocenters. The Balaban J connectivity index is 1.73. The first-order valence-corrected chi connectivity index (χ1v) is 8.42. The Bertz CT molecular complexity index is 976. The van der Waals surface area contributed by atoms with Gasteiger partial charge in [-0.2, -0.15) is 0 Å². The van der Waals surface area contributed by atoms with Crippen molar-refractivity contribution in [2.75, 3.05) is 5.32 Å². The number of benzene rings is 2. The number of hydrogen-bond acceptors (Lipinski definition) is 3. The zero-order valence-corrected chi connectivity index (χ0v) is 14.5. The van der Waals surface area contributed by atoms with Crippen LogP contribution >= 0.6 is 0 Å².